The largest absolute Gasteiger partial charge is 0.331 e. The molecule has 0 aliphatic rings. The third-order valence-electron chi connectivity index (χ3n) is 3.77. The second-order valence-electron chi connectivity index (χ2n) is 5.01. The van der Waals surface area contributed by atoms with Crippen molar-refractivity contribution in [1.29, 1.82) is 0 Å². The fourth-order valence-corrected chi connectivity index (χ4v) is 3.12. The van der Waals surface area contributed by atoms with Crippen molar-refractivity contribution in [2.75, 3.05) is 5.32 Å². The van der Waals surface area contributed by atoms with Crippen molar-refractivity contribution in [1.82, 2.24) is 5.32 Å². The molecule has 120 valence electrons. The Morgan fingerprint density at radius 2 is 2.00 bits per heavy atom. The molecule has 0 bridgehead atoms. The number of thiocarbonyl (C=S) groups is 1. The Morgan fingerprint density at radius 1 is 1.36 bits per heavy atom. The van der Waals surface area contributed by atoms with Gasteiger partial charge in [-0.3, -0.25) is 4.79 Å². The van der Waals surface area contributed by atoms with Crippen LogP contribution in [0.1, 0.15) is 33.1 Å². The fraction of sp³-hybridized carbons (Fsp3) is 0.375. The Balaban J connectivity index is 2.81. The SMILES string of the molecule is C=CCC(CC)(CC)C(=O)NC(=S)Nc1cc(Br)ccc1Br. The highest BCUT2D eigenvalue weighted by molar-refractivity contribution is 9.11. The first-order valence-corrected chi connectivity index (χ1v) is 9.06. The van der Waals surface area contributed by atoms with Crippen molar-refractivity contribution in [3.8, 4) is 0 Å². The molecule has 1 aromatic rings. The molecule has 0 fully saturated rings. The Labute approximate surface area is 154 Å². The standard InChI is InChI=1S/C16H20Br2N2OS/c1-4-9-16(5-2,6-3)14(21)20-15(22)19-13-10-11(17)7-8-12(13)18/h4,7-8,10H,1,5-6,9H2,2-3H3,(H2,19,20,21,22). The van der Waals surface area contributed by atoms with Crippen LogP contribution in [0.4, 0.5) is 5.69 Å². The molecule has 0 aliphatic heterocycles. The average Bonchev–Trinajstić information content (AvgIpc) is 2.48. The van der Waals surface area contributed by atoms with Gasteiger partial charge in [0.05, 0.1) is 11.1 Å². The number of rotatable bonds is 6. The van der Waals surface area contributed by atoms with Crippen molar-refractivity contribution in [3.63, 3.8) is 0 Å². The molecule has 0 saturated heterocycles. The molecule has 1 rings (SSSR count). The molecule has 22 heavy (non-hydrogen) atoms. The molecular weight excluding hydrogens is 428 g/mol. The predicted octanol–water partition coefficient (Wildman–Crippen LogP) is 5.41. The van der Waals surface area contributed by atoms with Gasteiger partial charge < -0.3 is 10.6 Å². The molecule has 0 atom stereocenters. The van der Waals surface area contributed by atoms with Crippen LogP contribution in [-0.2, 0) is 4.79 Å². The van der Waals surface area contributed by atoms with Crippen LogP contribution in [0.25, 0.3) is 0 Å². The van der Waals surface area contributed by atoms with E-state index < -0.39 is 5.41 Å². The van der Waals surface area contributed by atoms with Gasteiger partial charge in [0, 0.05) is 8.95 Å². The van der Waals surface area contributed by atoms with Gasteiger partial charge in [-0.15, -0.1) is 6.58 Å². The lowest BCUT2D eigenvalue weighted by Crippen LogP contribution is -2.44. The van der Waals surface area contributed by atoms with Crippen LogP contribution in [0, 0.1) is 5.41 Å². The zero-order chi connectivity index (χ0) is 16.8. The molecule has 1 aromatic carbocycles. The third kappa shape index (κ3) is 4.89. The lowest BCUT2D eigenvalue weighted by atomic mass is 9.78. The van der Waals surface area contributed by atoms with E-state index in [1.807, 2.05) is 32.0 Å². The van der Waals surface area contributed by atoms with Crippen LogP contribution in [0.15, 0.2) is 39.8 Å². The molecule has 0 spiro atoms. The van der Waals surface area contributed by atoms with Gasteiger partial charge in [0.1, 0.15) is 0 Å². The molecule has 0 radical (unpaired) electrons. The van der Waals surface area contributed by atoms with E-state index in [0.717, 1.165) is 27.5 Å². The van der Waals surface area contributed by atoms with E-state index in [1.54, 1.807) is 6.08 Å². The summed E-state index contributed by atoms with van der Waals surface area (Å²) >= 11 is 12.1. The number of hydrogen-bond acceptors (Lipinski definition) is 2. The van der Waals surface area contributed by atoms with Crippen LogP contribution in [0.5, 0.6) is 0 Å². The number of carbonyl (C=O) groups is 1. The number of hydrogen-bond donors (Lipinski definition) is 2. The predicted molar refractivity (Wildman–Crippen MR) is 104 cm³/mol. The van der Waals surface area contributed by atoms with Gasteiger partial charge in [0.15, 0.2) is 5.11 Å². The Morgan fingerprint density at radius 3 is 2.55 bits per heavy atom. The quantitative estimate of drug-likeness (QED) is 0.452. The summed E-state index contributed by atoms with van der Waals surface area (Å²) < 4.78 is 1.80. The summed E-state index contributed by atoms with van der Waals surface area (Å²) in [6.07, 6.45) is 3.90. The number of amides is 1. The number of anilines is 1. The zero-order valence-corrected chi connectivity index (χ0v) is 16.7. The summed E-state index contributed by atoms with van der Waals surface area (Å²) in [6.45, 7) is 7.77. The summed E-state index contributed by atoms with van der Waals surface area (Å²) in [4.78, 5) is 12.6. The topological polar surface area (TPSA) is 41.1 Å². The van der Waals surface area contributed by atoms with E-state index >= 15 is 0 Å². The molecule has 0 heterocycles. The van der Waals surface area contributed by atoms with E-state index in [4.69, 9.17) is 12.2 Å². The second kappa shape index (κ2) is 8.79. The van der Waals surface area contributed by atoms with Crippen molar-refractivity contribution < 1.29 is 4.79 Å². The van der Waals surface area contributed by atoms with E-state index in [9.17, 15) is 4.79 Å². The average molecular weight is 448 g/mol. The first kappa shape index (κ1) is 19.3. The number of halogens is 2. The maximum atomic E-state index is 12.6. The molecule has 6 heteroatoms. The number of nitrogens with one attached hydrogen (secondary N) is 2. The normalized spacial score (nSPS) is 10.9. The minimum absolute atomic E-state index is 0.0685. The number of allylic oxidation sites excluding steroid dienone is 1. The number of carbonyl (C=O) groups excluding carboxylic acids is 1. The molecule has 0 unspecified atom stereocenters. The number of benzene rings is 1. The van der Waals surface area contributed by atoms with Gasteiger partial charge >= 0.3 is 0 Å². The van der Waals surface area contributed by atoms with Crippen LogP contribution in [-0.4, -0.2) is 11.0 Å². The van der Waals surface area contributed by atoms with Gasteiger partial charge in [-0.2, -0.15) is 0 Å². The molecule has 3 nitrogen and oxygen atoms in total. The zero-order valence-electron chi connectivity index (χ0n) is 12.7. The maximum absolute atomic E-state index is 12.6. The highest BCUT2D eigenvalue weighted by Crippen LogP contribution is 2.31. The van der Waals surface area contributed by atoms with Crippen molar-refractivity contribution in [2.45, 2.75) is 33.1 Å². The Kier molecular flexibility index (Phi) is 7.72. The van der Waals surface area contributed by atoms with Crippen LogP contribution in [0.2, 0.25) is 0 Å². The van der Waals surface area contributed by atoms with Crippen LogP contribution < -0.4 is 10.6 Å². The van der Waals surface area contributed by atoms with Gasteiger partial charge in [-0.1, -0.05) is 35.9 Å². The van der Waals surface area contributed by atoms with Gasteiger partial charge in [-0.25, -0.2) is 0 Å². The van der Waals surface area contributed by atoms with E-state index in [1.165, 1.54) is 0 Å². The highest BCUT2D eigenvalue weighted by Gasteiger charge is 2.33. The van der Waals surface area contributed by atoms with E-state index in [0.29, 0.717) is 11.5 Å². The summed E-state index contributed by atoms with van der Waals surface area (Å²) in [6, 6.07) is 5.70. The van der Waals surface area contributed by atoms with Crippen molar-refractivity contribution in [3.05, 3.63) is 39.8 Å². The maximum Gasteiger partial charge on any atom is 0.232 e. The van der Waals surface area contributed by atoms with E-state index in [2.05, 4.69) is 49.1 Å². The minimum atomic E-state index is -0.456. The van der Waals surface area contributed by atoms with Crippen molar-refractivity contribution >= 4 is 60.8 Å². The van der Waals surface area contributed by atoms with Crippen LogP contribution >= 0.6 is 44.1 Å². The van der Waals surface area contributed by atoms with E-state index in [-0.39, 0.29) is 5.91 Å². The van der Waals surface area contributed by atoms with Crippen LogP contribution in [0.3, 0.4) is 0 Å². The third-order valence-corrected chi connectivity index (χ3v) is 5.16. The van der Waals surface area contributed by atoms with Gasteiger partial charge in [0.2, 0.25) is 5.91 Å². The molecule has 0 aromatic heterocycles. The highest BCUT2D eigenvalue weighted by atomic mass is 79.9. The summed E-state index contributed by atoms with van der Waals surface area (Å²) in [5.41, 5.74) is 0.337. The first-order valence-electron chi connectivity index (χ1n) is 7.07. The van der Waals surface area contributed by atoms with Gasteiger partial charge in [-0.05, 0) is 65.6 Å². The van der Waals surface area contributed by atoms with Gasteiger partial charge in [0.25, 0.3) is 0 Å². The molecular formula is C16H20Br2N2OS. The monoisotopic (exact) mass is 446 g/mol. The summed E-state index contributed by atoms with van der Waals surface area (Å²) in [7, 11) is 0. The van der Waals surface area contributed by atoms with Crippen molar-refractivity contribution in [2.24, 2.45) is 5.41 Å². The smallest absolute Gasteiger partial charge is 0.232 e. The first-order chi connectivity index (χ1) is 10.4. The Hall–Kier alpha value is -0.720. The Bertz CT molecular complexity index is 571. The second-order valence-corrected chi connectivity index (χ2v) is 7.19. The summed E-state index contributed by atoms with van der Waals surface area (Å²) in [5.74, 6) is -0.0685. The lowest BCUT2D eigenvalue weighted by molar-refractivity contribution is -0.129. The lowest BCUT2D eigenvalue weighted by Gasteiger charge is -2.29. The molecule has 0 aliphatic carbocycles. The molecule has 2 N–H and O–H groups in total. The molecule has 0 saturated carbocycles. The minimum Gasteiger partial charge on any atom is -0.331 e. The molecule has 1 amide bonds. The summed E-state index contributed by atoms with van der Waals surface area (Å²) in [5, 5.41) is 6.13. The fourth-order valence-electron chi connectivity index (χ4n) is 2.21.